The van der Waals surface area contributed by atoms with Gasteiger partial charge >= 0.3 is 0 Å². The van der Waals surface area contributed by atoms with Crippen molar-refractivity contribution in [3.05, 3.63) is 76.3 Å². The lowest BCUT2D eigenvalue weighted by atomic mass is 10.2. The van der Waals surface area contributed by atoms with Crippen LogP contribution in [0.3, 0.4) is 0 Å². The van der Waals surface area contributed by atoms with Gasteiger partial charge in [0.05, 0.1) is 14.7 Å². The van der Waals surface area contributed by atoms with Gasteiger partial charge < -0.3 is 5.11 Å². The Morgan fingerprint density at radius 1 is 0.679 bits per heavy atom. The highest BCUT2D eigenvalue weighted by atomic mass is 35.5. The summed E-state index contributed by atoms with van der Waals surface area (Å²) in [5.41, 5.74) is 0.211. The lowest BCUT2D eigenvalue weighted by molar-refractivity contribution is 0.457. The molecule has 0 fully saturated rings. The molecule has 5 nitrogen and oxygen atoms in total. The normalized spacial score (nSPS) is 12.1. The molecule has 0 aliphatic rings. The number of benzene rings is 3. The lowest BCUT2D eigenvalue weighted by Gasteiger charge is -2.13. The third-order valence-electron chi connectivity index (χ3n) is 4.08. The number of rotatable bonds is 4. The second-order valence-electron chi connectivity index (χ2n) is 6.00. The molecular formula is C19H14Cl2O5S2. The minimum absolute atomic E-state index is 0.0412. The van der Waals surface area contributed by atoms with Crippen molar-refractivity contribution in [1.29, 1.82) is 0 Å². The Kier molecular flexibility index (Phi) is 5.46. The number of halogens is 2. The summed E-state index contributed by atoms with van der Waals surface area (Å²) in [5, 5.41) is 10.9. The fourth-order valence-corrected chi connectivity index (χ4v) is 5.83. The van der Waals surface area contributed by atoms with Crippen molar-refractivity contribution >= 4 is 42.9 Å². The molecule has 1 N–H and O–H groups in total. The minimum Gasteiger partial charge on any atom is -0.507 e. The smallest absolute Gasteiger partial charge is 0.210 e. The Morgan fingerprint density at radius 2 is 1.07 bits per heavy atom. The van der Waals surface area contributed by atoms with Gasteiger partial charge in [0, 0.05) is 10.0 Å². The first-order valence-electron chi connectivity index (χ1n) is 7.88. The molecule has 0 atom stereocenters. The van der Waals surface area contributed by atoms with Crippen LogP contribution in [-0.2, 0) is 19.7 Å². The van der Waals surface area contributed by atoms with E-state index in [4.69, 9.17) is 23.2 Å². The molecule has 0 heterocycles. The van der Waals surface area contributed by atoms with E-state index in [2.05, 4.69) is 0 Å². The molecule has 0 unspecified atom stereocenters. The predicted octanol–water partition coefficient (Wildman–Crippen LogP) is 4.67. The summed E-state index contributed by atoms with van der Waals surface area (Å²) in [5.74, 6) is -0.539. The molecule has 146 valence electrons. The van der Waals surface area contributed by atoms with Crippen molar-refractivity contribution in [3.63, 3.8) is 0 Å². The average molecular weight is 457 g/mol. The maximum atomic E-state index is 13.0. The number of phenolic OH excluding ortho intramolecular Hbond substituents is 1. The van der Waals surface area contributed by atoms with Gasteiger partial charge in [-0.15, -0.1) is 0 Å². The van der Waals surface area contributed by atoms with E-state index in [9.17, 15) is 21.9 Å². The molecule has 0 spiro atoms. The molecule has 0 aliphatic heterocycles. The van der Waals surface area contributed by atoms with Crippen LogP contribution >= 0.6 is 23.2 Å². The third-order valence-corrected chi connectivity index (χ3v) is 8.30. The molecule has 3 aromatic carbocycles. The first-order chi connectivity index (χ1) is 13.0. The van der Waals surface area contributed by atoms with Gasteiger partial charge in [0.2, 0.25) is 19.7 Å². The number of hydrogen-bond donors (Lipinski definition) is 1. The van der Waals surface area contributed by atoms with Crippen molar-refractivity contribution in [2.24, 2.45) is 0 Å². The summed E-state index contributed by atoms with van der Waals surface area (Å²) >= 11 is 11.6. The molecule has 0 saturated carbocycles. The SMILES string of the molecule is Cc1cc(O)c(S(=O)(=O)c2ccc(Cl)cc2)cc1S(=O)(=O)c1ccc(Cl)cc1. The first kappa shape index (κ1) is 20.7. The van der Waals surface area contributed by atoms with Crippen LogP contribution in [0.5, 0.6) is 5.75 Å². The average Bonchev–Trinajstić information content (AvgIpc) is 2.62. The number of hydrogen-bond acceptors (Lipinski definition) is 5. The van der Waals surface area contributed by atoms with Crippen molar-refractivity contribution < 1.29 is 21.9 Å². The highest BCUT2D eigenvalue weighted by Gasteiger charge is 2.27. The molecule has 0 aromatic heterocycles. The van der Waals surface area contributed by atoms with E-state index in [-0.39, 0.29) is 20.2 Å². The Morgan fingerprint density at radius 3 is 1.50 bits per heavy atom. The van der Waals surface area contributed by atoms with Gasteiger partial charge in [0.1, 0.15) is 10.6 Å². The van der Waals surface area contributed by atoms with Crippen molar-refractivity contribution in [2.75, 3.05) is 0 Å². The van der Waals surface area contributed by atoms with Crippen LogP contribution in [0.4, 0.5) is 0 Å². The summed E-state index contributed by atoms with van der Waals surface area (Å²) < 4.78 is 51.8. The van der Waals surface area contributed by atoms with Crippen LogP contribution in [0.1, 0.15) is 5.56 Å². The molecule has 0 radical (unpaired) electrons. The topological polar surface area (TPSA) is 88.5 Å². The van der Waals surface area contributed by atoms with E-state index in [1.807, 2.05) is 0 Å². The molecule has 3 rings (SSSR count). The largest absolute Gasteiger partial charge is 0.507 e. The predicted molar refractivity (Wildman–Crippen MR) is 107 cm³/mol. The van der Waals surface area contributed by atoms with Gasteiger partial charge in [0.25, 0.3) is 0 Å². The van der Waals surface area contributed by atoms with E-state index in [0.717, 1.165) is 12.1 Å². The number of aromatic hydroxyl groups is 1. The highest BCUT2D eigenvalue weighted by molar-refractivity contribution is 7.92. The maximum Gasteiger partial charge on any atom is 0.210 e. The van der Waals surface area contributed by atoms with Crippen LogP contribution in [0.15, 0.2) is 80.2 Å². The van der Waals surface area contributed by atoms with Crippen LogP contribution in [-0.4, -0.2) is 21.9 Å². The number of phenols is 1. The van der Waals surface area contributed by atoms with Gasteiger partial charge in [-0.3, -0.25) is 0 Å². The number of sulfone groups is 2. The highest BCUT2D eigenvalue weighted by Crippen LogP contribution is 2.35. The van der Waals surface area contributed by atoms with Crippen molar-refractivity contribution in [1.82, 2.24) is 0 Å². The second kappa shape index (κ2) is 7.40. The summed E-state index contributed by atoms with van der Waals surface area (Å²) in [7, 11) is -8.20. The lowest BCUT2D eigenvalue weighted by Crippen LogP contribution is -2.08. The van der Waals surface area contributed by atoms with Gasteiger partial charge in [0.15, 0.2) is 0 Å². The van der Waals surface area contributed by atoms with E-state index >= 15 is 0 Å². The van der Waals surface area contributed by atoms with Crippen LogP contribution in [0.2, 0.25) is 10.0 Å². The maximum absolute atomic E-state index is 13.0. The van der Waals surface area contributed by atoms with Crippen LogP contribution in [0, 0.1) is 6.92 Å². The summed E-state index contributed by atoms with van der Waals surface area (Å²) in [6.45, 7) is 1.47. The van der Waals surface area contributed by atoms with Gasteiger partial charge in [-0.2, -0.15) is 0 Å². The molecular weight excluding hydrogens is 443 g/mol. The summed E-state index contributed by atoms with van der Waals surface area (Å²) in [6, 6.07) is 13.0. The molecule has 28 heavy (non-hydrogen) atoms. The van der Waals surface area contributed by atoms with E-state index in [0.29, 0.717) is 10.0 Å². The van der Waals surface area contributed by atoms with E-state index in [1.54, 1.807) is 0 Å². The minimum atomic E-state index is -4.17. The second-order valence-corrected chi connectivity index (χ2v) is 10.7. The fraction of sp³-hybridized carbons (Fsp3) is 0.0526. The molecule has 9 heteroatoms. The van der Waals surface area contributed by atoms with Gasteiger partial charge in [-0.25, -0.2) is 16.8 Å². The Hall–Kier alpha value is -2.06. The van der Waals surface area contributed by atoms with E-state index in [1.165, 1.54) is 55.5 Å². The monoisotopic (exact) mass is 456 g/mol. The van der Waals surface area contributed by atoms with Crippen molar-refractivity contribution in [2.45, 2.75) is 26.5 Å². The molecule has 0 bridgehead atoms. The van der Waals surface area contributed by atoms with Crippen molar-refractivity contribution in [3.8, 4) is 5.75 Å². The Labute approximate surface area is 173 Å². The van der Waals surface area contributed by atoms with Gasteiger partial charge in [-0.1, -0.05) is 23.2 Å². The number of aryl methyl sites for hydroxylation is 1. The summed E-state index contributed by atoms with van der Waals surface area (Å²) in [6.07, 6.45) is 0. The zero-order valence-electron chi connectivity index (χ0n) is 14.4. The standard InChI is InChI=1S/C19H14Cl2O5S2/c1-12-10-17(22)19(28(25,26)16-8-4-14(21)5-9-16)11-18(12)27(23,24)15-6-2-13(20)3-7-15/h2-11,22H,1H3. The van der Waals surface area contributed by atoms with Gasteiger partial charge in [-0.05, 0) is 73.2 Å². The van der Waals surface area contributed by atoms with E-state index < -0.39 is 30.3 Å². The van der Waals surface area contributed by atoms with Crippen LogP contribution in [0.25, 0.3) is 0 Å². The summed E-state index contributed by atoms with van der Waals surface area (Å²) in [4.78, 5) is -0.889. The molecule has 0 aliphatic carbocycles. The third kappa shape index (κ3) is 3.75. The first-order valence-corrected chi connectivity index (χ1v) is 11.6. The molecule has 0 amide bonds. The molecule has 3 aromatic rings. The zero-order valence-corrected chi connectivity index (χ0v) is 17.6. The van der Waals surface area contributed by atoms with Crippen LogP contribution < -0.4 is 0 Å². The fourth-order valence-electron chi connectivity index (χ4n) is 2.64. The zero-order chi connectivity index (χ0) is 20.7. The molecule has 0 saturated heterocycles. The Balaban J connectivity index is 2.21. The quantitative estimate of drug-likeness (QED) is 0.615. The Bertz CT molecular complexity index is 1150.